The number of amides is 1. The van der Waals surface area contributed by atoms with E-state index < -0.39 is 23.7 Å². The molecule has 1 N–H and O–H groups in total. The molecule has 2 aromatic carbocycles. The van der Waals surface area contributed by atoms with Gasteiger partial charge in [0.2, 0.25) is 0 Å². The van der Waals surface area contributed by atoms with E-state index in [-0.39, 0.29) is 30.9 Å². The van der Waals surface area contributed by atoms with Crippen LogP contribution in [-0.4, -0.2) is 39.3 Å². The van der Waals surface area contributed by atoms with Crippen LogP contribution >= 0.6 is 0 Å². The maximum atomic E-state index is 13.3. The quantitative estimate of drug-likeness (QED) is 0.467. The van der Waals surface area contributed by atoms with Crippen molar-refractivity contribution < 1.29 is 24.2 Å². The fraction of sp³-hybridized carbons (Fsp3) is 0.214. The molecule has 0 saturated carbocycles. The zero-order chi connectivity index (χ0) is 24.8. The molecule has 0 spiro atoms. The fourth-order valence-corrected chi connectivity index (χ4v) is 4.18. The van der Waals surface area contributed by atoms with E-state index in [0.717, 1.165) is 11.1 Å². The van der Waals surface area contributed by atoms with Crippen molar-refractivity contribution in [3.8, 4) is 0 Å². The fourth-order valence-electron chi connectivity index (χ4n) is 4.18. The second kappa shape index (κ2) is 10.8. The lowest BCUT2D eigenvalue weighted by atomic mass is 9.94. The van der Waals surface area contributed by atoms with E-state index in [0.29, 0.717) is 17.5 Å². The van der Waals surface area contributed by atoms with Gasteiger partial charge < -0.3 is 14.7 Å². The van der Waals surface area contributed by atoms with E-state index >= 15 is 0 Å². The number of carbonyl (C=O) groups is 3. The molecule has 1 atom stereocenters. The van der Waals surface area contributed by atoms with Crippen molar-refractivity contribution in [3.63, 3.8) is 0 Å². The number of benzene rings is 2. The number of hydrogen-bond acceptors (Lipinski definition) is 6. The molecular formula is C28H26N2O5. The van der Waals surface area contributed by atoms with E-state index in [4.69, 9.17) is 4.74 Å². The van der Waals surface area contributed by atoms with Crippen LogP contribution in [0.4, 0.5) is 0 Å². The Bertz CT molecular complexity index is 1240. The number of pyridine rings is 1. The molecule has 0 radical (unpaired) electrons. The first-order valence-electron chi connectivity index (χ1n) is 11.5. The minimum absolute atomic E-state index is 0.0853. The van der Waals surface area contributed by atoms with Crippen molar-refractivity contribution >= 4 is 17.7 Å². The molecule has 3 aromatic rings. The Hall–Kier alpha value is -4.26. The number of Topliss-reactive ketones (excluding diaryl/α,β-unsaturated/α-hetero) is 1. The summed E-state index contributed by atoms with van der Waals surface area (Å²) < 4.78 is 5.01. The molecule has 178 valence electrons. The van der Waals surface area contributed by atoms with Crippen LogP contribution in [0, 0.1) is 0 Å². The highest BCUT2D eigenvalue weighted by molar-refractivity contribution is 6.09. The highest BCUT2D eigenvalue weighted by Crippen LogP contribution is 2.39. The molecule has 1 unspecified atom stereocenters. The zero-order valence-corrected chi connectivity index (χ0v) is 19.4. The zero-order valence-electron chi connectivity index (χ0n) is 19.4. The van der Waals surface area contributed by atoms with Gasteiger partial charge in [-0.15, -0.1) is 0 Å². The number of aliphatic hydroxyl groups excluding tert-OH is 1. The minimum atomic E-state index is -0.760. The number of aryl methyl sites for hydroxylation is 1. The predicted octanol–water partition coefficient (Wildman–Crippen LogP) is 4.36. The Morgan fingerprint density at radius 3 is 2.40 bits per heavy atom. The summed E-state index contributed by atoms with van der Waals surface area (Å²) in [6.45, 7) is 2.16. The number of nitrogens with zero attached hydrogens (tertiary/aromatic N) is 2. The number of aliphatic hydroxyl groups is 1. The molecule has 1 aromatic heterocycles. The summed E-state index contributed by atoms with van der Waals surface area (Å²) in [4.78, 5) is 43.9. The Morgan fingerprint density at radius 2 is 1.74 bits per heavy atom. The van der Waals surface area contributed by atoms with Gasteiger partial charge in [0.1, 0.15) is 0 Å². The van der Waals surface area contributed by atoms with E-state index in [1.807, 2.05) is 30.3 Å². The second-order valence-corrected chi connectivity index (χ2v) is 8.21. The Morgan fingerprint density at radius 1 is 1.00 bits per heavy atom. The van der Waals surface area contributed by atoms with Crippen molar-refractivity contribution in [1.82, 2.24) is 9.88 Å². The molecule has 1 aliphatic heterocycles. The van der Waals surface area contributed by atoms with Crippen molar-refractivity contribution in [2.45, 2.75) is 32.4 Å². The summed E-state index contributed by atoms with van der Waals surface area (Å²) in [6, 6.07) is 19.1. The molecule has 0 bridgehead atoms. The largest absolute Gasteiger partial charge is 0.503 e. The number of carbonyl (C=O) groups excluding carboxylic acids is 3. The van der Waals surface area contributed by atoms with Gasteiger partial charge in [0.05, 0.1) is 23.8 Å². The molecule has 1 aliphatic rings. The topological polar surface area (TPSA) is 96.8 Å². The Balaban J connectivity index is 1.59. The third-order valence-corrected chi connectivity index (χ3v) is 5.91. The van der Waals surface area contributed by atoms with Gasteiger partial charge in [-0.2, -0.15) is 0 Å². The summed E-state index contributed by atoms with van der Waals surface area (Å²) in [5, 5.41) is 10.8. The van der Waals surface area contributed by atoms with Crippen molar-refractivity contribution in [2.24, 2.45) is 0 Å². The minimum Gasteiger partial charge on any atom is -0.503 e. The molecule has 0 aliphatic carbocycles. The van der Waals surface area contributed by atoms with Crippen LogP contribution in [0.1, 0.15) is 46.4 Å². The van der Waals surface area contributed by atoms with Gasteiger partial charge in [-0.05, 0) is 48.2 Å². The van der Waals surface area contributed by atoms with Gasteiger partial charge >= 0.3 is 5.97 Å². The molecule has 4 rings (SSSR count). The number of ketones is 1. The van der Waals surface area contributed by atoms with Crippen molar-refractivity contribution in [1.29, 1.82) is 0 Å². The predicted molar refractivity (Wildman–Crippen MR) is 129 cm³/mol. The van der Waals surface area contributed by atoms with Gasteiger partial charge in [-0.3, -0.25) is 14.6 Å². The van der Waals surface area contributed by atoms with Crippen LogP contribution in [0.2, 0.25) is 0 Å². The van der Waals surface area contributed by atoms with Gasteiger partial charge in [-0.1, -0.05) is 48.5 Å². The lowest BCUT2D eigenvalue weighted by Crippen LogP contribution is -2.30. The molecule has 1 amide bonds. The molecule has 0 fully saturated rings. The Kier molecular flexibility index (Phi) is 7.35. The van der Waals surface area contributed by atoms with E-state index in [1.165, 1.54) is 4.90 Å². The van der Waals surface area contributed by atoms with Crippen LogP contribution in [0.15, 0.2) is 90.5 Å². The number of ether oxygens (including phenoxy) is 1. The lowest BCUT2D eigenvalue weighted by molar-refractivity contribution is -0.130. The molecule has 7 nitrogen and oxygen atoms in total. The molecule has 7 heteroatoms. The standard InChI is InChI=1S/C28H26N2O5/c1-2-35-28(34)21-13-10-20(11-14-21)18-30-25(22-9-6-16-29-17-22)24(26(32)27(30)33)23(31)15-12-19-7-4-3-5-8-19/h3-11,13-14,16-17,25,32H,2,12,15,18H2,1H3. The van der Waals surface area contributed by atoms with Crippen LogP contribution in [0.3, 0.4) is 0 Å². The second-order valence-electron chi connectivity index (χ2n) is 8.21. The molecular weight excluding hydrogens is 444 g/mol. The van der Waals surface area contributed by atoms with Gasteiger partial charge in [0.25, 0.3) is 5.91 Å². The number of hydrogen-bond donors (Lipinski definition) is 1. The molecule has 0 saturated heterocycles. The molecule has 2 heterocycles. The highest BCUT2D eigenvalue weighted by Gasteiger charge is 2.43. The smallest absolute Gasteiger partial charge is 0.338 e. The summed E-state index contributed by atoms with van der Waals surface area (Å²) in [6.07, 6.45) is 3.87. The van der Waals surface area contributed by atoms with Gasteiger partial charge in [0, 0.05) is 25.4 Å². The number of esters is 1. The summed E-state index contributed by atoms with van der Waals surface area (Å²) in [5.74, 6) is -1.85. The third-order valence-electron chi connectivity index (χ3n) is 5.91. The van der Waals surface area contributed by atoms with Crippen LogP contribution in [0.5, 0.6) is 0 Å². The Labute approximate surface area is 203 Å². The normalized spacial score (nSPS) is 15.4. The van der Waals surface area contributed by atoms with E-state index in [2.05, 4.69) is 4.98 Å². The van der Waals surface area contributed by atoms with Gasteiger partial charge in [-0.25, -0.2) is 4.79 Å². The average Bonchev–Trinajstić information content (AvgIpc) is 3.14. The van der Waals surface area contributed by atoms with Crippen LogP contribution in [0.25, 0.3) is 0 Å². The highest BCUT2D eigenvalue weighted by atomic mass is 16.5. The first-order chi connectivity index (χ1) is 17.0. The third kappa shape index (κ3) is 5.30. The summed E-state index contributed by atoms with van der Waals surface area (Å²) in [7, 11) is 0. The van der Waals surface area contributed by atoms with Crippen LogP contribution < -0.4 is 0 Å². The first-order valence-corrected chi connectivity index (χ1v) is 11.5. The van der Waals surface area contributed by atoms with E-state index in [9.17, 15) is 19.5 Å². The van der Waals surface area contributed by atoms with Crippen molar-refractivity contribution in [2.75, 3.05) is 6.61 Å². The average molecular weight is 471 g/mol. The SMILES string of the molecule is CCOC(=O)c1ccc(CN2C(=O)C(O)=C(C(=O)CCc3ccccc3)C2c2cccnc2)cc1. The van der Waals surface area contributed by atoms with Crippen LogP contribution in [-0.2, 0) is 27.3 Å². The molecule has 35 heavy (non-hydrogen) atoms. The van der Waals surface area contributed by atoms with E-state index in [1.54, 1.807) is 55.7 Å². The monoisotopic (exact) mass is 470 g/mol. The summed E-state index contributed by atoms with van der Waals surface area (Å²) >= 11 is 0. The maximum Gasteiger partial charge on any atom is 0.338 e. The summed E-state index contributed by atoms with van der Waals surface area (Å²) in [5.41, 5.74) is 2.87. The number of aromatic nitrogens is 1. The lowest BCUT2D eigenvalue weighted by Gasteiger charge is -2.26. The first kappa shape index (κ1) is 23.9. The number of rotatable bonds is 9. The van der Waals surface area contributed by atoms with Gasteiger partial charge in [0.15, 0.2) is 11.5 Å². The van der Waals surface area contributed by atoms with Crippen molar-refractivity contribution in [3.05, 3.63) is 113 Å². The maximum absolute atomic E-state index is 13.3.